The van der Waals surface area contributed by atoms with E-state index in [0.717, 1.165) is 9.87 Å². The molecule has 0 aliphatic carbocycles. The Balaban J connectivity index is 2.01. The molecule has 0 amide bonds. The lowest BCUT2D eigenvalue weighted by molar-refractivity contribution is -0.150. The van der Waals surface area contributed by atoms with Crippen LogP contribution >= 0.6 is 0 Å². The van der Waals surface area contributed by atoms with E-state index in [9.17, 15) is 23.7 Å². The summed E-state index contributed by atoms with van der Waals surface area (Å²) in [4.78, 5) is 0.0596. The van der Waals surface area contributed by atoms with Gasteiger partial charge in [-0.25, -0.2) is 8.42 Å². The first-order chi connectivity index (χ1) is 9.84. The standard InChI is InChI=1S/C13H17NO6S/c1-7-2-4-8(5-3-7)21(18,19)14-9-6-20-13(14)12(17)11(16)10(9)15/h2-5,9-13,15-17H,6H2,1H3/t9-,10-,11+,12+,13+/m1/s1. The van der Waals surface area contributed by atoms with Crippen LogP contribution in [0.15, 0.2) is 29.2 Å². The largest absolute Gasteiger partial charge is 0.389 e. The maximum atomic E-state index is 12.7. The number of nitrogens with zero attached hydrogens (tertiary/aromatic N) is 1. The zero-order valence-corrected chi connectivity index (χ0v) is 12.1. The zero-order valence-electron chi connectivity index (χ0n) is 11.3. The van der Waals surface area contributed by atoms with Crippen molar-refractivity contribution in [1.82, 2.24) is 4.31 Å². The normalized spacial score (nSPS) is 36.9. The Hall–Kier alpha value is -1.03. The van der Waals surface area contributed by atoms with E-state index >= 15 is 0 Å². The van der Waals surface area contributed by atoms with Crippen LogP contribution in [0.1, 0.15) is 5.56 Å². The Morgan fingerprint density at radius 1 is 1.10 bits per heavy atom. The molecule has 2 saturated heterocycles. The van der Waals surface area contributed by atoms with Gasteiger partial charge in [0.1, 0.15) is 18.3 Å². The Labute approximate surface area is 122 Å². The summed E-state index contributed by atoms with van der Waals surface area (Å²) in [6.45, 7) is 1.78. The third-order valence-electron chi connectivity index (χ3n) is 4.00. The first-order valence-electron chi connectivity index (χ1n) is 6.60. The van der Waals surface area contributed by atoms with Gasteiger partial charge in [-0.3, -0.25) is 0 Å². The molecule has 1 aromatic carbocycles. The highest BCUT2D eigenvalue weighted by Crippen LogP contribution is 2.36. The van der Waals surface area contributed by atoms with Gasteiger partial charge < -0.3 is 20.1 Å². The van der Waals surface area contributed by atoms with Gasteiger partial charge in [0, 0.05) is 0 Å². The Morgan fingerprint density at radius 2 is 1.71 bits per heavy atom. The average molecular weight is 315 g/mol. The molecule has 0 aromatic heterocycles. The average Bonchev–Trinajstić information content (AvgIpc) is 2.86. The predicted octanol–water partition coefficient (Wildman–Crippen LogP) is -1.19. The highest BCUT2D eigenvalue weighted by atomic mass is 32.2. The number of sulfonamides is 1. The number of hydrogen-bond donors (Lipinski definition) is 3. The molecule has 3 N–H and O–H groups in total. The van der Waals surface area contributed by atoms with E-state index in [1.807, 2.05) is 6.92 Å². The highest BCUT2D eigenvalue weighted by molar-refractivity contribution is 7.89. The summed E-state index contributed by atoms with van der Waals surface area (Å²) < 4.78 is 31.6. The number of hydrogen-bond acceptors (Lipinski definition) is 6. The monoisotopic (exact) mass is 315 g/mol. The van der Waals surface area contributed by atoms with E-state index < -0.39 is 40.6 Å². The molecule has 2 aliphatic rings. The second-order valence-electron chi connectivity index (χ2n) is 5.41. The van der Waals surface area contributed by atoms with Gasteiger partial charge in [0.25, 0.3) is 0 Å². The van der Waals surface area contributed by atoms with E-state index in [1.54, 1.807) is 12.1 Å². The summed E-state index contributed by atoms with van der Waals surface area (Å²) in [5.74, 6) is 0. The molecule has 5 atom stereocenters. The minimum absolute atomic E-state index is 0.0596. The van der Waals surface area contributed by atoms with Crippen LogP contribution in [0.5, 0.6) is 0 Å². The van der Waals surface area contributed by atoms with E-state index in [0.29, 0.717) is 0 Å². The van der Waals surface area contributed by atoms with Gasteiger partial charge in [-0.1, -0.05) is 17.7 Å². The lowest BCUT2D eigenvalue weighted by atomic mass is 9.97. The Kier molecular flexibility index (Phi) is 3.55. The molecule has 8 heteroatoms. The molecule has 21 heavy (non-hydrogen) atoms. The topological polar surface area (TPSA) is 107 Å². The van der Waals surface area contributed by atoms with Crippen LogP contribution in [-0.2, 0) is 14.8 Å². The fourth-order valence-corrected chi connectivity index (χ4v) is 4.50. The molecule has 2 fully saturated rings. The molecular formula is C13H17NO6S. The third-order valence-corrected chi connectivity index (χ3v) is 5.90. The number of benzene rings is 1. The molecule has 7 nitrogen and oxygen atoms in total. The van der Waals surface area contributed by atoms with Gasteiger partial charge in [-0.15, -0.1) is 0 Å². The fraction of sp³-hybridized carbons (Fsp3) is 0.538. The first-order valence-corrected chi connectivity index (χ1v) is 8.04. The van der Waals surface area contributed by atoms with Crippen molar-refractivity contribution in [3.05, 3.63) is 29.8 Å². The lowest BCUT2D eigenvalue weighted by Crippen LogP contribution is -2.63. The van der Waals surface area contributed by atoms with Crippen molar-refractivity contribution in [2.75, 3.05) is 6.61 Å². The second-order valence-corrected chi connectivity index (χ2v) is 7.25. The first kappa shape index (κ1) is 14.9. The molecule has 0 radical (unpaired) electrons. The number of aryl methyl sites for hydroxylation is 1. The van der Waals surface area contributed by atoms with E-state index in [2.05, 4.69) is 0 Å². The molecular weight excluding hydrogens is 298 g/mol. The summed E-state index contributed by atoms with van der Waals surface area (Å²) >= 11 is 0. The van der Waals surface area contributed by atoms with Gasteiger partial charge in [0.15, 0.2) is 6.23 Å². The maximum absolute atomic E-state index is 12.7. The van der Waals surface area contributed by atoms with Crippen molar-refractivity contribution in [3.8, 4) is 0 Å². The Morgan fingerprint density at radius 3 is 2.33 bits per heavy atom. The predicted molar refractivity (Wildman–Crippen MR) is 71.8 cm³/mol. The van der Waals surface area contributed by atoms with Crippen molar-refractivity contribution in [2.45, 2.75) is 42.4 Å². The fourth-order valence-electron chi connectivity index (χ4n) is 2.78. The zero-order chi connectivity index (χ0) is 15.4. The van der Waals surface area contributed by atoms with Gasteiger partial charge in [0.2, 0.25) is 10.0 Å². The molecule has 2 heterocycles. The van der Waals surface area contributed by atoms with Crippen LogP contribution in [-0.4, -0.2) is 65.2 Å². The minimum atomic E-state index is -3.93. The van der Waals surface area contributed by atoms with Crippen LogP contribution < -0.4 is 0 Å². The molecule has 2 bridgehead atoms. The number of fused-ring (bicyclic) bond motifs is 2. The number of aliphatic hydroxyl groups is 3. The highest BCUT2D eigenvalue weighted by Gasteiger charge is 2.57. The van der Waals surface area contributed by atoms with Gasteiger partial charge >= 0.3 is 0 Å². The minimum Gasteiger partial charge on any atom is -0.389 e. The lowest BCUT2D eigenvalue weighted by Gasteiger charge is -2.40. The van der Waals surface area contributed by atoms with Crippen molar-refractivity contribution in [3.63, 3.8) is 0 Å². The molecule has 116 valence electrons. The molecule has 0 spiro atoms. The SMILES string of the molecule is Cc1ccc(S(=O)(=O)N2[C@@H]3CO[C@H]2[C@@H](O)[C@@H](O)[C@@H]3O)cc1. The summed E-state index contributed by atoms with van der Waals surface area (Å²) in [5.41, 5.74) is 0.919. The van der Waals surface area contributed by atoms with Crippen LogP contribution in [0, 0.1) is 6.92 Å². The molecule has 3 rings (SSSR count). The number of piperidine rings is 1. The Bertz CT molecular complexity index is 613. The van der Waals surface area contributed by atoms with Crippen LogP contribution in [0.2, 0.25) is 0 Å². The molecule has 0 saturated carbocycles. The quantitative estimate of drug-likeness (QED) is 0.633. The van der Waals surface area contributed by atoms with Gasteiger partial charge in [-0.05, 0) is 19.1 Å². The number of ether oxygens (including phenoxy) is 1. The van der Waals surface area contributed by atoms with Crippen molar-refractivity contribution >= 4 is 10.0 Å². The van der Waals surface area contributed by atoms with Crippen LogP contribution in [0.4, 0.5) is 0 Å². The van der Waals surface area contributed by atoms with Crippen LogP contribution in [0.25, 0.3) is 0 Å². The molecule has 2 aliphatic heterocycles. The van der Waals surface area contributed by atoms with Crippen molar-refractivity contribution < 1.29 is 28.5 Å². The smallest absolute Gasteiger partial charge is 0.245 e. The molecule has 0 unspecified atom stereocenters. The van der Waals surface area contributed by atoms with Gasteiger partial charge in [-0.2, -0.15) is 4.31 Å². The maximum Gasteiger partial charge on any atom is 0.245 e. The van der Waals surface area contributed by atoms with E-state index in [-0.39, 0.29) is 11.5 Å². The second kappa shape index (κ2) is 5.01. The number of aliphatic hydroxyl groups excluding tert-OH is 3. The van der Waals surface area contributed by atoms with Crippen LogP contribution in [0.3, 0.4) is 0 Å². The third kappa shape index (κ3) is 2.19. The van der Waals surface area contributed by atoms with Gasteiger partial charge in [0.05, 0.1) is 17.5 Å². The summed E-state index contributed by atoms with van der Waals surface area (Å²) in [6.07, 6.45) is -5.48. The summed E-state index contributed by atoms with van der Waals surface area (Å²) in [7, 11) is -3.93. The van der Waals surface area contributed by atoms with E-state index in [1.165, 1.54) is 12.1 Å². The summed E-state index contributed by atoms with van der Waals surface area (Å²) in [5, 5.41) is 29.6. The summed E-state index contributed by atoms with van der Waals surface area (Å²) in [6, 6.07) is 5.37. The van der Waals surface area contributed by atoms with Crippen molar-refractivity contribution in [1.29, 1.82) is 0 Å². The number of rotatable bonds is 2. The van der Waals surface area contributed by atoms with E-state index in [4.69, 9.17) is 4.74 Å². The molecule has 1 aromatic rings. The van der Waals surface area contributed by atoms with Crippen molar-refractivity contribution in [2.24, 2.45) is 0 Å².